The number of aromatic nitrogens is 2. The van der Waals surface area contributed by atoms with Crippen molar-refractivity contribution in [3.05, 3.63) is 132 Å². The number of sulfonamides is 1. The molecule has 0 aliphatic heterocycles. The molecule has 1 aromatic heterocycles. The van der Waals surface area contributed by atoms with Gasteiger partial charge in [0.15, 0.2) is 17.4 Å². The summed E-state index contributed by atoms with van der Waals surface area (Å²) in [5.41, 5.74) is 3.39. The summed E-state index contributed by atoms with van der Waals surface area (Å²) in [4.78, 5) is 0.0846. The van der Waals surface area contributed by atoms with Gasteiger partial charge in [0.25, 0.3) is 10.0 Å². The third-order valence-electron chi connectivity index (χ3n) is 6.31. The third kappa shape index (κ3) is 6.22. The number of rotatable bonds is 11. The fourth-order valence-corrected chi connectivity index (χ4v) is 5.38. The van der Waals surface area contributed by atoms with Gasteiger partial charge in [-0.3, -0.25) is 9.40 Å². The van der Waals surface area contributed by atoms with E-state index in [2.05, 4.69) is 9.82 Å². The molecule has 9 heteroatoms. The van der Waals surface area contributed by atoms with E-state index in [0.29, 0.717) is 30.0 Å². The van der Waals surface area contributed by atoms with E-state index in [4.69, 9.17) is 9.47 Å². The molecule has 1 heterocycles. The van der Waals surface area contributed by atoms with Gasteiger partial charge in [0.2, 0.25) is 0 Å². The Morgan fingerprint density at radius 1 is 0.825 bits per heavy atom. The number of halogens is 1. The van der Waals surface area contributed by atoms with E-state index in [-0.39, 0.29) is 23.1 Å². The maximum absolute atomic E-state index is 14.9. The van der Waals surface area contributed by atoms with Gasteiger partial charge in [0, 0.05) is 0 Å². The number of hydrogen-bond acceptors (Lipinski definition) is 5. The normalized spacial score (nSPS) is 11.3. The average molecular weight is 558 g/mol. The van der Waals surface area contributed by atoms with Crippen LogP contribution >= 0.6 is 0 Å². The predicted octanol–water partition coefficient (Wildman–Crippen LogP) is 6.26. The van der Waals surface area contributed by atoms with E-state index in [1.165, 1.54) is 31.4 Å². The maximum atomic E-state index is 14.9. The molecule has 4 aromatic carbocycles. The minimum absolute atomic E-state index is 0.0719. The second kappa shape index (κ2) is 12.1. The molecule has 0 saturated carbocycles. The first-order valence-electron chi connectivity index (χ1n) is 12.6. The fourth-order valence-electron chi connectivity index (χ4n) is 4.35. The molecule has 0 amide bonds. The van der Waals surface area contributed by atoms with Gasteiger partial charge in [-0.1, -0.05) is 84.9 Å². The monoisotopic (exact) mass is 557 g/mol. The molecule has 0 radical (unpaired) electrons. The summed E-state index contributed by atoms with van der Waals surface area (Å²) in [7, 11) is -2.60. The number of nitrogens with zero attached hydrogens (tertiary/aromatic N) is 2. The van der Waals surface area contributed by atoms with Crippen molar-refractivity contribution < 1.29 is 22.3 Å². The molecule has 5 rings (SSSR count). The van der Waals surface area contributed by atoms with Gasteiger partial charge in [-0.25, -0.2) is 12.8 Å². The number of nitrogens with one attached hydrogen (secondary N) is 1. The first-order valence-corrected chi connectivity index (χ1v) is 14.1. The Hall–Kier alpha value is -4.47. The molecule has 40 heavy (non-hydrogen) atoms. The molecule has 0 atom stereocenters. The third-order valence-corrected chi connectivity index (χ3v) is 7.66. The second-order valence-corrected chi connectivity index (χ2v) is 10.7. The predicted molar refractivity (Wildman–Crippen MR) is 152 cm³/mol. The highest BCUT2D eigenvalue weighted by atomic mass is 32.2. The minimum Gasteiger partial charge on any atom is -0.494 e. The highest BCUT2D eigenvalue weighted by Crippen LogP contribution is 2.36. The topological polar surface area (TPSA) is 82.5 Å². The van der Waals surface area contributed by atoms with Crippen molar-refractivity contribution in [2.75, 3.05) is 11.8 Å². The van der Waals surface area contributed by atoms with Crippen LogP contribution in [0.25, 0.3) is 11.1 Å². The Kier molecular flexibility index (Phi) is 8.23. The van der Waals surface area contributed by atoms with Gasteiger partial charge in [-0.2, -0.15) is 5.10 Å². The Morgan fingerprint density at radius 3 is 2.08 bits per heavy atom. The maximum Gasteiger partial charge on any atom is 0.263 e. The van der Waals surface area contributed by atoms with E-state index in [1.807, 2.05) is 60.7 Å². The zero-order chi connectivity index (χ0) is 28.0. The van der Waals surface area contributed by atoms with E-state index >= 15 is 0 Å². The fraction of sp³-hybridized carbons (Fsp3) is 0.129. The number of ether oxygens (including phenoxy) is 2. The molecule has 204 valence electrons. The summed E-state index contributed by atoms with van der Waals surface area (Å²) in [5, 5.41) is 4.68. The van der Waals surface area contributed by atoms with Crippen LogP contribution in [0, 0.1) is 5.82 Å². The van der Waals surface area contributed by atoms with Crippen molar-refractivity contribution in [3.8, 4) is 16.9 Å². The molecule has 5 aromatic rings. The summed E-state index contributed by atoms with van der Waals surface area (Å²) in [6, 6.07) is 31.9. The van der Waals surface area contributed by atoms with Crippen LogP contribution in [-0.4, -0.2) is 25.3 Å². The van der Waals surface area contributed by atoms with Crippen molar-refractivity contribution in [1.82, 2.24) is 9.78 Å². The first-order chi connectivity index (χ1) is 19.4. The molecule has 7 nitrogen and oxygen atoms in total. The largest absolute Gasteiger partial charge is 0.494 e. The van der Waals surface area contributed by atoms with Gasteiger partial charge >= 0.3 is 0 Å². The van der Waals surface area contributed by atoms with Crippen molar-refractivity contribution in [2.24, 2.45) is 0 Å². The Morgan fingerprint density at radius 2 is 1.45 bits per heavy atom. The van der Waals surface area contributed by atoms with Gasteiger partial charge in [-0.15, -0.1) is 0 Å². The van der Waals surface area contributed by atoms with Crippen molar-refractivity contribution >= 4 is 15.8 Å². The van der Waals surface area contributed by atoms with Gasteiger partial charge in [0.05, 0.1) is 43.0 Å². The van der Waals surface area contributed by atoms with Crippen LogP contribution in [0.1, 0.15) is 16.8 Å². The molecular formula is C31H28FN3O4S. The Labute approximate surface area is 232 Å². The lowest BCUT2D eigenvalue weighted by atomic mass is 10.0. The average Bonchev–Trinajstić information content (AvgIpc) is 3.30. The molecule has 0 fully saturated rings. The minimum atomic E-state index is -3.99. The Bertz CT molecular complexity index is 1680. The molecule has 1 N–H and O–H groups in total. The van der Waals surface area contributed by atoms with Crippen LogP contribution in [0.2, 0.25) is 0 Å². The van der Waals surface area contributed by atoms with E-state index in [1.54, 1.807) is 28.9 Å². The number of methoxy groups -OCH3 is 1. The number of benzene rings is 4. The Balaban J connectivity index is 1.61. The van der Waals surface area contributed by atoms with Crippen LogP contribution in [0.4, 0.5) is 10.2 Å². The molecule has 0 bridgehead atoms. The van der Waals surface area contributed by atoms with Crippen LogP contribution < -0.4 is 9.46 Å². The molecular weight excluding hydrogens is 529 g/mol. The summed E-state index contributed by atoms with van der Waals surface area (Å²) in [6.07, 6.45) is 0. The summed E-state index contributed by atoms with van der Waals surface area (Å²) < 4.78 is 57.1. The van der Waals surface area contributed by atoms with Crippen LogP contribution in [-0.2, 0) is 34.5 Å². The SMILES string of the molecule is COc1ccc(-c2c(NS(=O)(=O)c3ccccc3)nn(Cc3ccccc3)c2COCc2ccccc2)cc1F. The number of hydrogen-bond donors (Lipinski definition) is 1. The summed E-state index contributed by atoms with van der Waals surface area (Å²) in [6.45, 7) is 0.785. The van der Waals surface area contributed by atoms with Gasteiger partial charge < -0.3 is 9.47 Å². The lowest BCUT2D eigenvalue weighted by molar-refractivity contribution is 0.102. The standard InChI is InChI=1S/C31H28FN3O4S/c1-38-29-18-17-25(19-27(29)32)30-28(22-39-21-24-13-7-3-8-14-24)35(20-23-11-5-2-6-12-23)33-31(30)34-40(36,37)26-15-9-4-10-16-26/h2-19H,20-22H2,1H3,(H,33,34). The highest BCUT2D eigenvalue weighted by Gasteiger charge is 2.25. The van der Waals surface area contributed by atoms with E-state index < -0.39 is 15.8 Å². The van der Waals surface area contributed by atoms with Crippen LogP contribution in [0.15, 0.2) is 114 Å². The number of anilines is 1. The quantitative estimate of drug-likeness (QED) is 0.207. The second-order valence-electron chi connectivity index (χ2n) is 9.06. The summed E-state index contributed by atoms with van der Waals surface area (Å²) >= 11 is 0. The molecule has 0 saturated heterocycles. The molecule has 0 aliphatic rings. The first kappa shape index (κ1) is 27.1. The van der Waals surface area contributed by atoms with Crippen LogP contribution in [0.3, 0.4) is 0 Å². The van der Waals surface area contributed by atoms with E-state index in [0.717, 1.165) is 11.1 Å². The van der Waals surface area contributed by atoms with Gasteiger partial charge in [0.1, 0.15) is 0 Å². The molecule has 0 unspecified atom stereocenters. The zero-order valence-electron chi connectivity index (χ0n) is 21.8. The van der Waals surface area contributed by atoms with Gasteiger partial charge in [-0.05, 0) is 41.0 Å². The van der Waals surface area contributed by atoms with Crippen LogP contribution in [0.5, 0.6) is 5.75 Å². The van der Waals surface area contributed by atoms with Crippen molar-refractivity contribution in [2.45, 2.75) is 24.7 Å². The molecule has 0 spiro atoms. The zero-order valence-corrected chi connectivity index (χ0v) is 22.6. The molecule has 0 aliphatic carbocycles. The van der Waals surface area contributed by atoms with Crippen molar-refractivity contribution in [1.29, 1.82) is 0 Å². The highest BCUT2D eigenvalue weighted by molar-refractivity contribution is 7.92. The lowest BCUT2D eigenvalue weighted by Gasteiger charge is -2.12. The smallest absolute Gasteiger partial charge is 0.263 e. The summed E-state index contributed by atoms with van der Waals surface area (Å²) in [5.74, 6) is -0.430. The lowest BCUT2D eigenvalue weighted by Crippen LogP contribution is -2.14. The van der Waals surface area contributed by atoms with E-state index in [9.17, 15) is 12.8 Å². The van der Waals surface area contributed by atoms with Crippen molar-refractivity contribution in [3.63, 3.8) is 0 Å².